The maximum atomic E-state index is 13.9. The van der Waals surface area contributed by atoms with Crippen LogP contribution >= 0.6 is 0 Å². The third-order valence-electron chi connectivity index (χ3n) is 8.35. The van der Waals surface area contributed by atoms with Crippen molar-refractivity contribution in [1.82, 2.24) is 14.9 Å². The SMILES string of the molecule is C=CCN(C(=O)O)c1cnc2n(c1=O)C(C(=O)NCc1ccc(/C(N)=N\C(=O)OCc3ccccc3)cc1)CC2(C)CC(=O)Nc1ccccc1. The average Bonchev–Trinajstić information content (AvgIpc) is 3.42. The Morgan fingerprint density at radius 1 is 1.06 bits per heavy atom. The van der Waals surface area contributed by atoms with Gasteiger partial charge in [0.2, 0.25) is 11.8 Å². The molecule has 2 heterocycles. The molecule has 14 nitrogen and oxygen atoms in total. The molecule has 0 saturated heterocycles. The molecular weight excluding hydrogens is 654 g/mol. The topological polar surface area (TPSA) is 198 Å². The minimum Gasteiger partial charge on any atom is -0.465 e. The highest BCUT2D eigenvalue weighted by molar-refractivity contribution is 6.02. The van der Waals surface area contributed by atoms with E-state index in [9.17, 15) is 29.1 Å². The van der Waals surface area contributed by atoms with Crippen molar-refractivity contribution in [2.24, 2.45) is 10.7 Å². The lowest BCUT2D eigenvalue weighted by Gasteiger charge is -2.23. The van der Waals surface area contributed by atoms with Crippen LogP contribution in [0.25, 0.3) is 0 Å². The molecule has 2 unspecified atom stereocenters. The van der Waals surface area contributed by atoms with Crippen LogP contribution in [0.2, 0.25) is 0 Å². The van der Waals surface area contributed by atoms with Crippen molar-refractivity contribution < 1.29 is 29.0 Å². The first-order valence-corrected chi connectivity index (χ1v) is 16.0. The van der Waals surface area contributed by atoms with E-state index in [1.807, 2.05) is 36.4 Å². The van der Waals surface area contributed by atoms with E-state index >= 15 is 0 Å². The number of anilines is 2. The van der Waals surface area contributed by atoms with Gasteiger partial charge < -0.3 is 26.2 Å². The number of aromatic nitrogens is 2. The predicted molar refractivity (Wildman–Crippen MR) is 190 cm³/mol. The smallest absolute Gasteiger partial charge is 0.435 e. The number of rotatable bonds is 12. The van der Waals surface area contributed by atoms with Crippen LogP contribution in [0.15, 0.2) is 114 Å². The molecule has 2 atom stereocenters. The van der Waals surface area contributed by atoms with Gasteiger partial charge in [0.15, 0.2) is 0 Å². The Bertz CT molecular complexity index is 2010. The van der Waals surface area contributed by atoms with E-state index in [0.717, 1.165) is 16.7 Å². The summed E-state index contributed by atoms with van der Waals surface area (Å²) < 4.78 is 6.33. The number of nitrogens with two attached hydrogens (primary N) is 1. The highest BCUT2D eigenvalue weighted by atomic mass is 16.5. The number of nitrogens with one attached hydrogen (secondary N) is 2. The monoisotopic (exact) mass is 691 g/mol. The van der Waals surface area contributed by atoms with Crippen molar-refractivity contribution in [3.05, 3.63) is 137 Å². The number of carbonyl (C=O) groups excluding carboxylic acids is 3. The van der Waals surface area contributed by atoms with Crippen LogP contribution in [0.1, 0.15) is 48.3 Å². The van der Waals surface area contributed by atoms with Crippen LogP contribution in [0.4, 0.5) is 21.0 Å². The number of aliphatic imine (C=N–C) groups is 1. The van der Waals surface area contributed by atoms with Crippen molar-refractivity contribution >= 4 is 41.2 Å². The Kier molecular flexibility index (Phi) is 11.0. The molecule has 5 N–H and O–H groups in total. The van der Waals surface area contributed by atoms with Gasteiger partial charge in [-0.25, -0.2) is 14.6 Å². The van der Waals surface area contributed by atoms with Crippen LogP contribution in [0, 0.1) is 0 Å². The van der Waals surface area contributed by atoms with E-state index in [0.29, 0.717) is 16.8 Å². The first-order chi connectivity index (χ1) is 24.5. The van der Waals surface area contributed by atoms with E-state index in [4.69, 9.17) is 10.5 Å². The number of amidine groups is 1. The molecule has 1 aliphatic heterocycles. The fraction of sp³-hybridized carbons (Fsp3) is 0.216. The molecular formula is C37H37N7O7. The third kappa shape index (κ3) is 8.54. The quantitative estimate of drug-likeness (QED) is 0.0938. The number of amides is 4. The fourth-order valence-corrected chi connectivity index (χ4v) is 5.86. The van der Waals surface area contributed by atoms with Gasteiger partial charge in [-0.3, -0.25) is 23.9 Å². The van der Waals surface area contributed by atoms with Gasteiger partial charge >= 0.3 is 12.2 Å². The summed E-state index contributed by atoms with van der Waals surface area (Å²) in [6.07, 6.45) is 0.203. The van der Waals surface area contributed by atoms with Crippen LogP contribution in [-0.2, 0) is 32.9 Å². The zero-order valence-corrected chi connectivity index (χ0v) is 27.8. The third-order valence-corrected chi connectivity index (χ3v) is 8.35. The lowest BCUT2D eigenvalue weighted by molar-refractivity contribution is -0.125. The number of carboxylic acid groups (broad SMARTS) is 1. The summed E-state index contributed by atoms with van der Waals surface area (Å²) in [6, 6.07) is 23.6. The van der Waals surface area contributed by atoms with Gasteiger partial charge in [-0.15, -0.1) is 6.58 Å². The predicted octanol–water partition coefficient (Wildman–Crippen LogP) is 4.50. The summed E-state index contributed by atoms with van der Waals surface area (Å²) in [5.74, 6) is -0.733. The van der Waals surface area contributed by atoms with Gasteiger partial charge in [0.25, 0.3) is 5.56 Å². The Hall–Kier alpha value is -6.57. The van der Waals surface area contributed by atoms with E-state index < -0.39 is 35.1 Å². The molecule has 3 aromatic carbocycles. The molecule has 1 aliphatic rings. The second kappa shape index (κ2) is 15.8. The van der Waals surface area contributed by atoms with E-state index in [1.54, 1.807) is 55.5 Å². The molecule has 5 rings (SSSR count). The minimum atomic E-state index is -1.39. The first-order valence-electron chi connectivity index (χ1n) is 16.0. The maximum absolute atomic E-state index is 13.9. The zero-order chi connectivity index (χ0) is 36.5. The van der Waals surface area contributed by atoms with Gasteiger partial charge in [-0.2, -0.15) is 4.99 Å². The molecule has 1 aromatic heterocycles. The number of carbonyl (C=O) groups is 4. The highest BCUT2D eigenvalue weighted by Gasteiger charge is 2.47. The number of hydrogen-bond donors (Lipinski definition) is 4. The molecule has 4 amide bonds. The normalized spacial score (nSPS) is 16.4. The minimum absolute atomic E-state index is 0.0451. The number of fused-ring (bicyclic) bond motifs is 1. The molecule has 262 valence electrons. The second-order valence-electron chi connectivity index (χ2n) is 12.1. The van der Waals surface area contributed by atoms with Gasteiger partial charge in [0.05, 0.1) is 6.20 Å². The van der Waals surface area contributed by atoms with Gasteiger partial charge in [-0.1, -0.05) is 85.8 Å². The summed E-state index contributed by atoms with van der Waals surface area (Å²) in [6.45, 7) is 5.24. The Morgan fingerprint density at radius 3 is 2.37 bits per heavy atom. The number of ether oxygens (including phenoxy) is 1. The molecule has 0 aliphatic carbocycles. The fourth-order valence-electron chi connectivity index (χ4n) is 5.86. The molecule has 0 radical (unpaired) electrons. The first kappa shape index (κ1) is 35.7. The van der Waals surface area contributed by atoms with Crippen molar-refractivity contribution in [3.63, 3.8) is 0 Å². The molecule has 0 spiro atoms. The Balaban J connectivity index is 1.32. The van der Waals surface area contributed by atoms with Crippen molar-refractivity contribution in [2.45, 2.75) is 44.4 Å². The molecule has 51 heavy (non-hydrogen) atoms. The van der Waals surface area contributed by atoms with E-state index in [1.165, 1.54) is 10.6 Å². The summed E-state index contributed by atoms with van der Waals surface area (Å²) in [5, 5.41) is 15.4. The summed E-state index contributed by atoms with van der Waals surface area (Å²) >= 11 is 0. The number of nitrogens with zero attached hydrogens (tertiary/aromatic N) is 4. The molecule has 0 fully saturated rings. The van der Waals surface area contributed by atoms with Crippen LogP contribution in [0.5, 0.6) is 0 Å². The van der Waals surface area contributed by atoms with Crippen LogP contribution in [-0.4, -0.2) is 51.0 Å². The molecule has 4 aromatic rings. The lowest BCUT2D eigenvalue weighted by atomic mass is 9.82. The molecule has 14 heteroatoms. The number of hydrogen-bond acceptors (Lipinski definition) is 7. The molecule has 0 saturated carbocycles. The summed E-state index contributed by atoms with van der Waals surface area (Å²) in [5.41, 5.74) is 6.52. The highest BCUT2D eigenvalue weighted by Crippen LogP contribution is 2.42. The standard InChI is InChI=1S/C37H37N7O7/c1-3-18-43(36(49)50)29-22-40-34-37(2,20-30(45)41-27-12-8-5-9-13-27)19-28(44(34)33(29)47)32(46)39-21-24-14-16-26(17-15-24)31(38)42-35(48)51-23-25-10-6-4-7-11-25/h3-17,22,28H,1,18-21,23H2,2H3,(H,39,46)(H,41,45)(H,49,50)(H2,38,42,48). The second-order valence-corrected chi connectivity index (χ2v) is 12.1. The van der Waals surface area contributed by atoms with E-state index in [-0.39, 0.29) is 55.8 Å². The van der Waals surface area contributed by atoms with Gasteiger partial charge in [-0.05, 0) is 29.7 Å². The van der Waals surface area contributed by atoms with E-state index in [2.05, 4.69) is 27.2 Å². The average molecular weight is 692 g/mol. The van der Waals surface area contributed by atoms with Crippen LogP contribution < -0.4 is 26.8 Å². The van der Waals surface area contributed by atoms with Crippen molar-refractivity contribution in [2.75, 3.05) is 16.8 Å². The van der Waals surface area contributed by atoms with Crippen LogP contribution in [0.3, 0.4) is 0 Å². The van der Waals surface area contributed by atoms with Gasteiger partial charge in [0.1, 0.15) is 30.0 Å². The Morgan fingerprint density at radius 2 is 1.73 bits per heavy atom. The van der Waals surface area contributed by atoms with Gasteiger partial charge in [0, 0.05) is 36.2 Å². The summed E-state index contributed by atoms with van der Waals surface area (Å²) in [4.78, 5) is 74.0. The number of para-hydroxylation sites is 1. The van der Waals surface area contributed by atoms with Crippen molar-refractivity contribution in [3.8, 4) is 0 Å². The van der Waals surface area contributed by atoms with Crippen molar-refractivity contribution in [1.29, 1.82) is 0 Å². The zero-order valence-electron chi connectivity index (χ0n) is 27.8. The number of benzene rings is 3. The maximum Gasteiger partial charge on any atom is 0.435 e. The molecule has 0 bridgehead atoms. The Labute approximate surface area is 293 Å². The lowest BCUT2D eigenvalue weighted by Crippen LogP contribution is -2.40. The largest absolute Gasteiger partial charge is 0.465 e. The summed E-state index contributed by atoms with van der Waals surface area (Å²) in [7, 11) is 0.